The van der Waals surface area contributed by atoms with Gasteiger partial charge in [0, 0.05) is 6.54 Å². The molecule has 0 bridgehead atoms. The van der Waals surface area contributed by atoms with Crippen LogP contribution in [0.3, 0.4) is 0 Å². The number of hydrogen-bond acceptors (Lipinski definition) is 2. The van der Waals surface area contributed by atoms with Gasteiger partial charge in [0.1, 0.15) is 0 Å². The van der Waals surface area contributed by atoms with Crippen molar-refractivity contribution in [2.45, 2.75) is 26.6 Å². The smallest absolute Gasteiger partial charge is 0.305 e. The number of halogens is 3. The van der Waals surface area contributed by atoms with Crippen LogP contribution in [0.4, 0.5) is 13.2 Å². The summed E-state index contributed by atoms with van der Waals surface area (Å²) in [6.07, 6.45) is -4.17. The maximum absolute atomic E-state index is 12.2. The summed E-state index contributed by atoms with van der Waals surface area (Å²) in [5, 5.41) is 6.33. The normalized spacial score (nSPS) is 11.8. The molecule has 1 aromatic carbocycles. The van der Waals surface area contributed by atoms with Crippen molar-refractivity contribution in [1.82, 2.24) is 5.32 Å². The van der Waals surface area contributed by atoms with Gasteiger partial charge in [-0.3, -0.25) is 0 Å². The van der Waals surface area contributed by atoms with Crippen LogP contribution >= 0.6 is 11.3 Å². The van der Waals surface area contributed by atoms with Gasteiger partial charge in [0.25, 0.3) is 0 Å². The number of aryl methyl sites for hydroxylation is 2. The van der Waals surface area contributed by atoms with Crippen molar-refractivity contribution in [3.05, 3.63) is 45.6 Å². The van der Waals surface area contributed by atoms with Gasteiger partial charge < -0.3 is 5.32 Å². The van der Waals surface area contributed by atoms with Crippen LogP contribution in [0.5, 0.6) is 0 Å². The molecule has 0 fully saturated rings. The molecule has 0 atom stereocenters. The molecule has 0 saturated heterocycles. The lowest BCUT2D eigenvalue weighted by molar-refractivity contribution is -0.125. The summed E-state index contributed by atoms with van der Waals surface area (Å²) in [5.41, 5.74) is 5.29. The van der Waals surface area contributed by atoms with Gasteiger partial charge in [-0.25, -0.2) is 0 Å². The van der Waals surface area contributed by atoms with E-state index in [0.29, 0.717) is 0 Å². The van der Waals surface area contributed by atoms with E-state index in [1.807, 2.05) is 24.6 Å². The largest absolute Gasteiger partial charge is 0.401 e. The molecule has 1 N–H and O–H groups in total. The monoisotopic (exact) mass is 299 g/mol. The molecule has 20 heavy (non-hydrogen) atoms. The number of thiophene rings is 1. The van der Waals surface area contributed by atoms with Crippen molar-refractivity contribution in [2.75, 3.05) is 6.54 Å². The first-order chi connectivity index (χ1) is 9.35. The van der Waals surface area contributed by atoms with Crippen LogP contribution < -0.4 is 5.32 Å². The predicted molar refractivity (Wildman–Crippen MR) is 77.0 cm³/mol. The van der Waals surface area contributed by atoms with Crippen LogP contribution in [0.25, 0.3) is 11.1 Å². The zero-order valence-corrected chi connectivity index (χ0v) is 12.2. The molecule has 108 valence electrons. The number of benzene rings is 1. The van der Waals surface area contributed by atoms with Crippen molar-refractivity contribution in [1.29, 1.82) is 0 Å². The van der Waals surface area contributed by atoms with E-state index in [2.05, 4.69) is 23.5 Å². The Bertz CT molecular complexity index is 567. The average molecular weight is 299 g/mol. The van der Waals surface area contributed by atoms with Crippen molar-refractivity contribution < 1.29 is 13.2 Å². The minimum atomic E-state index is -4.17. The molecule has 1 aromatic heterocycles. The highest BCUT2D eigenvalue weighted by molar-refractivity contribution is 7.08. The Morgan fingerprint density at radius 3 is 2.30 bits per heavy atom. The molecule has 1 nitrogen and oxygen atoms in total. The van der Waals surface area contributed by atoms with Crippen LogP contribution in [-0.4, -0.2) is 12.7 Å². The first-order valence-corrected chi connectivity index (χ1v) is 7.20. The van der Waals surface area contributed by atoms with Gasteiger partial charge in [0.2, 0.25) is 0 Å². The van der Waals surface area contributed by atoms with Gasteiger partial charge >= 0.3 is 6.18 Å². The summed E-state index contributed by atoms with van der Waals surface area (Å²) in [6, 6.07) is 6.20. The van der Waals surface area contributed by atoms with E-state index < -0.39 is 12.7 Å². The topological polar surface area (TPSA) is 12.0 Å². The molecule has 0 spiro atoms. The van der Waals surface area contributed by atoms with E-state index >= 15 is 0 Å². The van der Waals surface area contributed by atoms with Gasteiger partial charge in [0.15, 0.2) is 0 Å². The van der Waals surface area contributed by atoms with E-state index in [1.165, 1.54) is 11.3 Å². The number of hydrogen-bond donors (Lipinski definition) is 1. The lowest BCUT2D eigenvalue weighted by Gasteiger charge is -2.10. The number of alkyl halides is 3. The Kier molecular flexibility index (Phi) is 4.50. The molecule has 5 heteroatoms. The summed E-state index contributed by atoms with van der Waals surface area (Å²) < 4.78 is 36.5. The maximum Gasteiger partial charge on any atom is 0.401 e. The van der Waals surface area contributed by atoms with Crippen molar-refractivity contribution in [2.24, 2.45) is 0 Å². The maximum atomic E-state index is 12.2. The third kappa shape index (κ3) is 4.08. The molecule has 0 unspecified atom stereocenters. The minimum absolute atomic E-state index is 0.228. The van der Waals surface area contributed by atoms with Gasteiger partial charge in [0.05, 0.1) is 6.54 Å². The van der Waals surface area contributed by atoms with Crippen LogP contribution in [0.15, 0.2) is 29.0 Å². The summed E-state index contributed by atoms with van der Waals surface area (Å²) in [4.78, 5) is 0. The SMILES string of the molecule is Cc1cc(C)cc(-c2cscc2CNCC(F)(F)F)c1. The number of rotatable bonds is 4. The zero-order valence-electron chi connectivity index (χ0n) is 11.3. The van der Waals surface area contributed by atoms with Gasteiger partial charge in [-0.15, -0.1) is 0 Å². The fourth-order valence-corrected chi connectivity index (χ4v) is 3.05. The van der Waals surface area contributed by atoms with Crippen LogP contribution in [0.2, 0.25) is 0 Å². The quantitative estimate of drug-likeness (QED) is 0.864. The van der Waals surface area contributed by atoms with E-state index in [4.69, 9.17) is 0 Å². The average Bonchev–Trinajstić information content (AvgIpc) is 2.74. The third-order valence-electron chi connectivity index (χ3n) is 2.92. The fraction of sp³-hybridized carbons (Fsp3) is 0.333. The third-order valence-corrected chi connectivity index (χ3v) is 3.71. The lowest BCUT2D eigenvalue weighted by Crippen LogP contribution is -2.28. The summed E-state index contributed by atoms with van der Waals surface area (Å²) >= 11 is 1.51. The summed E-state index contributed by atoms with van der Waals surface area (Å²) in [5.74, 6) is 0. The fourth-order valence-electron chi connectivity index (χ4n) is 2.18. The van der Waals surface area contributed by atoms with Crippen LogP contribution in [0.1, 0.15) is 16.7 Å². The second kappa shape index (κ2) is 5.97. The molecule has 0 aliphatic rings. The van der Waals surface area contributed by atoms with Gasteiger partial charge in [-0.2, -0.15) is 24.5 Å². The molecule has 1 heterocycles. The second-order valence-corrected chi connectivity index (χ2v) is 5.65. The number of nitrogens with one attached hydrogen (secondary N) is 1. The summed E-state index contributed by atoms with van der Waals surface area (Å²) in [6.45, 7) is 3.30. The molecule has 2 aromatic rings. The van der Waals surface area contributed by atoms with E-state index in [9.17, 15) is 13.2 Å². The van der Waals surface area contributed by atoms with Crippen LogP contribution in [0, 0.1) is 13.8 Å². The zero-order chi connectivity index (χ0) is 14.8. The Hall–Kier alpha value is -1.33. The van der Waals surface area contributed by atoms with E-state index in [1.54, 1.807) is 0 Å². The highest BCUT2D eigenvalue weighted by Crippen LogP contribution is 2.29. The van der Waals surface area contributed by atoms with E-state index in [0.717, 1.165) is 27.8 Å². The van der Waals surface area contributed by atoms with Crippen LogP contribution in [-0.2, 0) is 6.54 Å². The predicted octanol–water partition coefficient (Wildman–Crippen LogP) is 4.68. The highest BCUT2D eigenvalue weighted by atomic mass is 32.1. The van der Waals surface area contributed by atoms with E-state index in [-0.39, 0.29) is 6.54 Å². The minimum Gasteiger partial charge on any atom is -0.305 e. The Morgan fingerprint density at radius 1 is 1.05 bits per heavy atom. The van der Waals surface area contributed by atoms with Crippen molar-refractivity contribution >= 4 is 11.3 Å². The van der Waals surface area contributed by atoms with Crippen molar-refractivity contribution in [3.63, 3.8) is 0 Å². The molecule has 0 amide bonds. The van der Waals surface area contributed by atoms with Gasteiger partial charge in [-0.05, 0) is 41.3 Å². The van der Waals surface area contributed by atoms with Gasteiger partial charge in [-0.1, -0.05) is 29.3 Å². The molecule has 0 saturated carbocycles. The summed E-state index contributed by atoms with van der Waals surface area (Å²) in [7, 11) is 0. The Labute approximate surface area is 120 Å². The molecular weight excluding hydrogens is 283 g/mol. The lowest BCUT2D eigenvalue weighted by atomic mass is 10.00. The molecular formula is C15H16F3NS. The molecule has 0 aliphatic carbocycles. The van der Waals surface area contributed by atoms with Crippen molar-refractivity contribution in [3.8, 4) is 11.1 Å². The second-order valence-electron chi connectivity index (χ2n) is 4.91. The molecule has 0 radical (unpaired) electrons. The standard InChI is InChI=1S/C15H16F3NS/c1-10-3-11(2)5-12(4-10)14-8-20-7-13(14)6-19-9-15(16,17)18/h3-5,7-8,19H,6,9H2,1-2H3. The molecule has 0 aliphatic heterocycles. The Balaban J connectivity index is 2.16. The first kappa shape index (κ1) is 15.1. The molecule has 2 rings (SSSR count). The highest BCUT2D eigenvalue weighted by Gasteiger charge is 2.26. The Morgan fingerprint density at radius 2 is 1.70 bits per heavy atom. The first-order valence-electron chi connectivity index (χ1n) is 6.26.